The number of aryl methyl sites for hydroxylation is 2. The van der Waals surface area contributed by atoms with Crippen molar-refractivity contribution in [1.82, 2.24) is 14.8 Å². The zero-order valence-electron chi connectivity index (χ0n) is 18.6. The van der Waals surface area contributed by atoms with Crippen molar-refractivity contribution >= 4 is 49.9 Å². The van der Waals surface area contributed by atoms with Crippen molar-refractivity contribution in [2.24, 2.45) is 7.05 Å². The first-order valence-corrected chi connectivity index (χ1v) is 12.1. The van der Waals surface area contributed by atoms with Crippen LogP contribution >= 0.6 is 11.6 Å². The van der Waals surface area contributed by atoms with Crippen molar-refractivity contribution < 1.29 is 13.2 Å². The Morgan fingerprint density at radius 3 is 2.71 bits per heavy atom. The van der Waals surface area contributed by atoms with E-state index in [1.165, 1.54) is 30.5 Å². The summed E-state index contributed by atoms with van der Waals surface area (Å²) < 4.78 is 29.7. The van der Waals surface area contributed by atoms with Crippen molar-refractivity contribution in [3.8, 4) is 0 Å². The van der Waals surface area contributed by atoms with Gasteiger partial charge in [0.25, 0.3) is 15.9 Å². The minimum atomic E-state index is -4.03. The summed E-state index contributed by atoms with van der Waals surface area (Å²) >= 11 is 6.26. The molecule has 4 aromatic rings. The van der Waals surface area contributed by atoms with Gasteiger partial charge in [-0.25, -0.2) is 13.4 Å². The van der Waals surface area contributed by atoms with E-state index >= 15 is 0 Å². The first kappa shape index (κ1) is 23.5. The molecule has 0 atom stereocenters. The van der Waals surface area contributed by atoms with E-state index in [0.29, 0.717) is 17.0 Å². The molecule has 0 unspecified atom stereocenters. The van der Waals surface area contributed by atoms with Crippen molar-refractivity contribution in [1.29, 1.82) is 0 Å². The Bertz CT molecular complexity index is 1510. The Morgan fingerprint density at radius 2 is 1.97 bits per heavy atom. The van der Waals surface area contributed by atoms with Crippen molar-refractivity contribution in [3.05, 3.63) is 89.7 Å². The molecular formula is C24H22ClN5O3S. The minimum absolute atomic E-state index is 0.0125. The number of fused-ring (bicyclic) bond motifs is 1. The van der Waals surface area contributed by atoms with Gasteiger partial charge in [0.05, 0.1) is 39.7 Å². The predicted molar refractivity (Wildman–Crippen MR) is 134 cm³/mol. The highest BCUT2D eigenvalue weighted by atomic mass is 35.5. The second-order valence-corrected chi connectivity index (χ2v) is 9.83. The maximum absolute atomic E-state index is 13.5. The van der Waals surface area contributed by atoms with Crippen LogP contribution in [-0.2, 0) is 17.1 Å². The number of rotatable bonds is 7. The quantitative estimate of drug-likeness (QED) is 0.379. The first-order valence-electron chi connectivity index (χ1n) is 10.3. The van der Waals surface area contributed by atoms with E-state index in [-0.39, 0.29) is 22.0 Å². The van der Waals surface area contributed by atoms with Crippen LogP contribution in [0, 0.1) is 6.92 Å². The molecule has 0 radical (unpaired) electrons. The molecule has 1 amide bonds. The largest absolute Gasteiger partial charge is 0.321 e. The number of carbonyl (C=O) groups excluding carboxylic acids is 1. The molecule has 34 heavy (non-hydrogen) atoms. The predicted octanol–water partition coefficient (Wildman–Crippen LogP) is 4.56. The molecule has 0 fully saturated rings. The zero-order valence-corrected chi connectivity index (χ0v) is 20.1. The fraction of sp³-hybridized carbons (Fsp3) is 0.125. The maximum Gasteiger partial charge on any atom is 0.264 e. The number of nitrogens with zero attached hydrogens (tertiary/aromatic N) is 4. The second-order valence-electron chi connectivity index (χ2n) is 7.56. The third-order valence-corrected chi connectivity index (χ3v) is 7.32. The monoisotopic (exact) mass is 495 g/mol. The summed E-state index contributed by atoms with van der Waals surface area (Å²) in [7, 11) is -2.23. The fourth-order valence-corrected chi connectivity index (χ4v) is 5.39. The van der Waals surface area contributed by atoms with Gasteiger partial charge in [-0.1, -0.05) is 35.9 Å². The summed E-state index contributed by atoms with van der Waals surface area (Å²) in [5.74, 6) is -0.465. The summed E-state index contributed by atoms with van der Waals surface area (Å²) in [6, 6.07) is 14.3. The van der Waals surface area contributed by atoms with Gasteiger partial charge in [0.15, 0.2) is 5.65 Å². The van der Waals surface area contributed by atoms with Crippen molar-refractivity contribution in [2.75, 3.05) is 16.2 Å². The smallest absolute Gasteiger partial charge is 0.264 e. The fourth-order valence-electron chi connectivity index (χ4n) is 3.60. The Kier molecular flexibility index (Phi) is 6.41. The Hall–Kier alpha value is -3.69. The topological polar surface area (TPSA) is 97.2 Å². The Balaban J connectivity index is 1.65. The number of nitrogens with one attached hydrogen (secondary N) is 1. The van der Waals surface area contributed by atoms with E-state index in [1.807, 2.05) is 6.92 Å². The number of aromatic nitrogens is 3. The van der Waals surface area contributed by atoms with Crippen LogP contribution < -0.4 is 9.62 Å². The molecule has 1 N–H and O–H groups in total. The van der Waals surface area contributed by atoms with Crippen LogP contribution in [0.4, 0.5) is 11.4 Å². The average molecular weight is 496 g/mol. The van der Waals surface area contributed by atoms with Gasteiger partial charge in [0, 0.05) is 18.0 Å². The Labute approximate surface area is 202 Å². The van der Waals surface area contributed by atoms with Crippen LogP contribution in [0.5, 0.6) is 0 Å². The second kappa shape index (κ2) is 9.28. The molecule has 2 aromatic heterocycles. The molecule has 0 aliphatic rings. The number of hydrogen-bond acceptors (Lipinski definition) is 5. The molecule has 8 nitrogen and oxygen atoms in total. The summed E-state index contributed by atoms with van der Waals surface area (Å²) in [6.45, 7) is 5.53. The third-order valence-electron chi connectivity index (χ3n) is 5.22. The lowest BCUT2D eigenvalue weighted by molar-refractivity contribution is 0.102. The van der Waals surface area contributed by atoms with E-state index < -0.39 is 15.9 Å². The number of anilines is 2. The lowest BCUT2D eigenvalue weighted by atomic mass is 10.2. The highest BCUT2D eigenvalue weighted by Crippen LogP contribution is 2.30. The van der Waals surface area contributed by atoms with Gasteiger partial charge in [-0.15, -0.1) is 6.58 Å². The van der Waals surface area contributed by atoms with Gasteiger partial charge < -0.3 is 5.32 Å². The molecule has 4 rings (SSSR count). The number of carbonyl (C=O) groups is 1. The number of para-hydroxylation sites is 1. The highest BCUT2D eigenvalue weighted by molar-refractivity contribution is 7.92. The molecule has 2 heterocycles. The molecule has 0 saturated heterocycles. The summed E-state index contributed by atoms with van der Waals surface area (Å²) in [6.07, 6.45) is 3.01. The van der Waals surface area contributed by atoms with Crippen LogP contribution in [0.25, 0.3) is 11.0 Å². The van der Waals surface area contributed by atoms with Gasteiger partial charge in [-0.2, -0.15) is 5.10 Å². The van der Waals surface area contributed by atoms with E-state index in [0.717, 1.165) is 15.4 Å². The molecule has 0 aliphatic carbocycles. The van der Waals surface area contributed by atoms with Gasteiger partial charge in [-0.05, 0) is 43.3 Å². The molecule has 10 heteroatoms. The number of pyridine rings is 1. The van der Waals surface area contributed by atoms with Crippen molar-refractivity contribution in [3.63, 3.8) is 0 Å². The van der Waals surface area contributed by atoms with E-state index in [9.17, 15) is 13.2 Å². The number of benzene rings is 2. The minimum Gasteiger partial charge on any atom is -0.321 e. The molecule has 0 spiro atoms. The maximum atomic E-state index is 13.5. The molecule has 0 bridgehead atoms. The molecule has 174 valence electrons. The highest BCUT2D eigenvalue weighted by Gasteiger charge is 2.26. The van der Waals surface area contributed by atoms with Crippen molar-refractivity contribution in [2.45, 2.75) is 11.8 Å². The third kappa shape index (κ3) is 4.40. The van der Waals surface area contributed by atoms with Gasteiger partial charge in [-0.3, -0.25) is 13.8 Å². The molecule has 0 saturated carbocycles. The van der Waals surface area contributed by atoms with Crippen LogP contribution in [0.3, 0.4) is 0 Å². The lowest BCUT2D eigenvalue weighted by Gasteiger charge is -2.24. The lowest BCUT2D eigenvalue weighted by Crippen LogP contribution is -2.31. The molecule has 0 aliphatic heterocycles. The van der Waals surface area contributed by atoms with Crippen LogP contribution in [-0.4, -0.2) is 35.6 Å². The van der Waals surface area contributed by atoms with E-state index in [1.54, 1.807) is 48.1 Å². The van der Waals surface area contributed by atoms with Crippen LogP contribution in [0.2, 0.25) is 5.02 Å². The van der Waals surface area contributed by atoms with Gasteiger partial charge in [0.1, 0.15) is 0 Å². The van der Waals surface area contributed by atoms with Gasteiger partial charge >= 0.3 is 0 Å². The summed E-state index contributed by atoms with van der Waals surface area (Å²) in [5.41, 5.74) is 2.47. The molecular weight excluding hydrogens is 474 g/mol. The van der Waals surface area contributed by atoms with E-state index in [4.69, 9.17) is 11.6 Å². The zero-order chi connectivity index (χ0) is 24.5. The number of amides is 1. The number of hydrogen-bond donors (Lipinski definition) is 1. The standard InChI is InChI=1S/C24H22ClN5O3S/c1-4-12-30(22-11-6-5-10-21(22)25)34(32,33)19-9-7-8-17(13-19)24(31)27-18-14-20-16(2)28-29(3)23(20)26-15-18/h4-11,13-15H,1,12H2,2-3H3,(H,27,31). The SMILES string of the molecule is C=CCN(c1ccccc1Cl)S(=O)(=O)c1cccc(C(=O)Nc2cnc3c(c2)c(C)nn3C)c1. The van der Waals surface area contributed by atoms with Crippen LogP contribution in [0.15, 0.2) is 78.3 Å². The summed E-state index contributed by atoms with van der Waals surface area (Å²) in [5, 5.41) is 8.20. The first-order chi connectivity index (χ1) is 16.2. The number of halogens is 1. The normalized spacial score (nSPS) is 11.4. The van der Waals surface area contributed by atoms with E-state index in [2.05, 4.69) is 22.0 Å². The summed E-state index contributed by atoms with van der Waals surface area (Å²) in [4.78, 5) is 17.2. The average Bonchev–Trinajstić information content (AvgIpc) is 3.11. The van der Waals surface area contributed by atoms with Gasteiger partial charge in [0.2, 0.25) is 0 Å². The number of sulfonamides is 1. The Morgan fingerprint density at radius 1 is 1.21 bits per heavy atom. The van der Waals surface area contributed by atoms with Crippen LogP contribution in [0.1, 0.15) is 16.1 Å². The molecule has 2 aromatic carbocycles.